The van der Waals surface area contributed by atoms with Gasteiger partial charge in [0.1, 0.15) is 0 Å². The van der Waals surface area contributed by atoms with Crippen LogP contribution < -0.4 is 16.0 Å². The number of amides is 3. The minimum absolute atomic E-state index is 0.0878. The van der Waals surface area contributed by atoms with Gasteiger partial charge in [-0.15, -0.1) is 0 Å². The zero-order valence-corrected chi connectivity index (χ0v) is 17.3. The molecule has 7 heteroatoms. The Hall–Kier alpha value is -2.15. The Labute approximate surface area is 172 Å². The topological polar surface area (TPSA) is 87.3 Å². The van der Waals surface area contributed by atoms with Crippen molar-refractivity contribution in [3.05, 3.63) is 40.9 Å². The third-order valence-electron chi connectivity index (χ3n) is 6.49. The van der Waals surface area contributed by atoms with Gasteiger partial charge >= 0.3 is 0 Å². The second kappa shape index (κ2) is 7.35. The Morgan fingerprint density at radius 2 is 1.64 bits per heavy atom. The van der Waals surface area contributed by atoms with Gasteiger partial charge in [0.25, 0.3) is 0 Å². The second-order valence-electron chi connectivity index (χ2n) is 7.93. The fraction of sp³-hybridized carbons (Fsp3) is 0.476. The molecule has 28 heavy (non-hydrogen) atoms. The van der Waals surface area contributed by atoms with Crippen LogP contribution in [0.25, 0.3) is 0 Å². The van der Waals surface area contributed by atoms with E-state index in [1.807, 2.05) is 24.3 Å². The summed E-state index contributed by atoms with van der Waals surface area (Å²) in [6.45, 7) is 0.282. The van der Waals surface area contributed by atoms with Crippen molar-refractivity contribution < 1.29 is 14.4 Å². The summed E-state index contributed by atoms with van der Waals surface area (Å²) >= 11 is 3.39. The number of hydrogen-bond acceptors (Lipinski definition) is 3. The van der Waals surface area contributed by atoms with E-state index in [0.29, 0.717) is 0 Å². The molecule has 0 heterocycles. The number of nitrogens with one attached hydrogen (secondary N) is 3. The molecule has 148 valence electrons. The Morgan fingerprint density at radius 1 is 1.04 bits per heavy atom. The number of carbonyl (C=O) groups excluding carboxylic acids is 3. The van der Waals surface area contributed by atoms with Crippen LogP contribution >= 0.6 is 15.9 Å². The van der Waals surface area contributed by atoms with E-state index in [0.717, 1.165) is 23.0 Å². The quantitative estimate of drug-likeness (QED) is 0.587. The van der Waals surface area contributed by atoms with E-state index in [4.69, 9.17) is 0 Å². The highest BCUT2D eigenvalue weighted by Crippen LogP contribution is 2.72. The third kappa shape index (κ3) is 3.26. The fourth-order valence-corrected chi connectivity index (χ4v) is 5.27. The normalized spacial score (nSPS) is 28.2. The molecule has 1 aromatic carbocycles. The number of carbonyl (C=O) groups is 3. The van der Waals surface area contributed by atoms with Crippen molar-refractivity contribution in [2.45, 2.75) is 19.3 Å². The van der Waals surface area contributed by atoms with Crippen LogP contribution in [0, 0.1) is 29.1 Å². The molecule has 0 aliphatic heterocycles. The van der Waals surface area contributed by atoms with E-state index in [-0.39, 0.29) is 59.8 Å². The van der Waals surface area contributed by atoms with Gasteiger partial charge in [0.05, 0.1) is 11.8 Å². The third-order valence-corrected chi connectivity index (χ3v) is 7.02. The number of anilines is 1. The van der Waals surface area contributed by atoms with Gasteiger partial charge < -0.3 is 16.0 Å². The van der Waals surface area contributed by atoms with Crippen molar-refractivity contribution in [2.75, 3.05) is 18.9 Å². The summed E-state index contributed by atoms with van der Waals surface area (Å²) in [5.41, 5.74) is 0.813. The summed E-state index contributed by atoms with van der Waals surface area (Å²) in [7, 11) is 1.57. The molecule has 3 aliphatic rings. The van der Waals surface area contributed by atoms with E-state index in [2.05, 4.69) is 44.0 Å². The molecule has 6 nitrogen and oxygen atoms in total. The maximum Gasteiger partial charge on any atom is 0.228 e. The molecule has 0 saturated heterocycles. The summed E-state index contributed by atoms with van der Waals surface area (Å²) in [6.07, 6.45) is 6.64. The maximum absolute atomic E-state index is 13.1. The molecule has 0 radical (unpaired) electrons. The van der Waals surface area contributed by atoms with E-state index in [1.165, 1.54) is 0 Å². The minimum Gasteiger partial charge on any atom is -0.359 e. The number of halogens is 1. The first-order valence-corrected chi connectivity index (χ1v) is 10.5. The van der Waals surface area contributed by atoms with Crippen molar-refractivity contribution in [3.63, 3.8) is 0 Å². The molecule has 0 aromatic heterocycles. The van der Waals surface area contributed by atoms with Crippen LogP contribution in [0.2, 0.25) is 0 Å². The predicted octanol–water partition coefficient (Wildman–Crippen LogP) is 2.47. The first-order valence-electron chi connectivity index (χ1n) is 9.69. The molecule has 3 amide bonds. The largest absolute Gasteiger partial charge is 0.359 e. The van der Waals surface area contributed by atoms with Crippen LogP contribution in [0.1, 0.15) is 19.3 Å². The van der Waals surface area contributed by atoms with Gasteiger partial charge in [-0.05, 0) is 54.4 Å². The number of benzene rings is 1. The first-order chi connectivity index (χ1) is 13.5. The van der Waals surface area contributed by atoms with Gasteiger partial charge in [0, 0.05) is 30.2 Å². The minimum atomic E-state index is -0.377. The predicted molar refractivity (Wildman–Crippen MR) is 109 cm³/mol. The van der Waals surface area contributed by atoms with Crippen LogP contribution in [0.15, 0.2) is 40.9 Å². The molecule has 2 bridgehead atoms. The molecule has 1 aromatic rings. The van der Waals surface area contributed by atoms with Crippen molar-refractivity contribution in [3.8, 4) is 0 Å². The lowest BCUT2D eigenvalue weighted by Gasteiger charge is -2.26. The van der Waals surface area contributed by atoms with Gasteiger partial charge in [-0.25, -0.2) is 0 Å². The molecular weight excluding hydrogens is 422 g/mol. The molecule has 1 spiro atoms. The zero-order valence-electron chi connectivity index (χ0n) is 15.7. The lowest BCUT2D eigenvalue weighted by Crippen LogP contribution is -2.42. The van der Waals surface area contributed by atoms with Gasteiger partial charge in [-0.2, -0.15) is 0 Å². The highest BCUT2D eigenvalue weighted by Gasteiger charge is 2.69. The SMILES string of the molecule is CNC(=O)CCNC(=O)[C@H]1[C@H](C(=O)Nc2ccc(Br)cc2)[C@@H]2C=C[C@H]1C21CC1. The molecule has 4 atom stereocenters. The zero-order chi connectivity index (χ0) is 19.9. The standard InChI is InChI=1S/C21H24BrN3O3/c1-23-16(26)8-11-24-19(27)17-14-6-7-15(21(14)9-10-21)18(17)20(28)25-13-4-2-12(22)3-5-13/h2-7,14-15,17-18H,8-11H2,1H3,(H,23,26)(H,24,27)(H,25,28)/t14-,15+,17-,18-/m1/s1. The number of hydrogen-bond donors (Lipinski definition) is 3. The van der Waals surface area contributed by atoms with Crippen LogP contribution in [0.3, 0.4) is 0 Å². The van der Waals surface area contributed by atoms with Gasteiger partial charge in [0.2, 0.25) is 17.7 Å². The Balaban J connectivity index is 1.49. The molecule has 3 N–H and O–H groups in total. The summed E-state index contributed by atoms with van der Waals surface area (Å²) in [4.78, 5) is 37.5. The summed E-state index contributed by atoms with van der Waals surface area (Å²) in [6, 6.07) is 7.44. The van der Waals surface area contributed by atoms with Crippen molar-refractivity contribution >= 4 is 39.3 Å². The average Bonchev–Trinajstić information content (AvgIpc) is 3.35. The summed E-state index contributed by atoms with van der Waals surface area (Å²) in [5, 5.41) is 8.42. The highest BCUT2D eigenvalue weighted by atomic mass is 79.9. The Morgan fingerprint density at radius 3 is 2.21 bits per heavy atom. The Kier molecular flexibility index (Phi) is 5.04. The smallest absolute Gasteiger partial charge is 0.228 e. The van der Waals surface area contributed by atoms with Gasteiger partial charge in [-0.3, -0.25) is 14.4 Å². The number of allylic oxidation sites excluding steroid dienone is 2. The van der Waals surface area contributed by atoms with Crippen molar-refractivity contribution in [1.29, 1.82) is 0 Å². The molecule has 3 aliphatic carbocycles. The summed E-state index contributed by atoms with van der Waals surface area (Å²) < 4.78 is 0.943. The molecule has 2 fully saturated rings. The van der Waals surface area contributed by atoms with E-state index < -0.39 is 0 Å². The lowest BCUT2D eigenvalue weighted by molar-refractivity contribution is -0.133. The van der Waals surface area contributed by atoms with Crippen LogP contribution in [-0.2, 0) is 14.4 Å². The van der Waals surface area contributed by atoms with Gasteiger partial charge in [-0.1, -0.05) is 28.1 Å². The van der Waals surface area contributed by atoms with Crippen LogP contribution in [0.5, 0.6) is 0 Å². The lowest BCUT2D eigenvalue weighted by atomic mass is 9.81. The van der Waals surface area contributed by atoms with E-state index in [9.17, 15) is 14.4 Å². The molecule has 4 rings (SSSR count). The van der Waals surface area contributed by atoms with Gasteiger partial charge in [0.15, 0.2) is 0 Å². The molecule has 2 saturated carbocycles. The van der Waals surface area contributed by atoms with E-state index >= 15 is 0 Å². The van der Waals surface area contributed by atoms with Crippen LogP contribution in [-0.4, -0.2) is 31.3 Å². The molecule has 0 unspecified atom stereocenters. The maximum atomic E-state index is 13.1. The van der Waals surface area contributed by atoms with Crippen LogP contribution in [0.4, 0.5) is 5.69 Å². The monoisotopic (exact) mass is 445 g/mol. The highest BCUT2D eigenvalue weighted by molar-refractivity contribution is 9.10. The van der Waals surface area contributed by atoms with Crippen molar-refractivity contribution in [1.82, 2.24) is 10.6 Å². The van der Waals surface area contributed by atoms with E-state index in [1.54, 1.807) is 7.05 Å². The Bertz CT molecular complexity index is 832. The summed E-state index contributed by atoms with van der Waals surface area (Å²) in [5.74, 6) is -0.865. The van der Waals surface area contributed by atoms with Crippen molar-refractivity contribution in [2.24, 2.45) is 29.1 Å². The molecular formula is C21H24BrN3O3. The fourth-order valence-electron chi connectivity index (χ4n) is 5.01. The first kappa shape index (κ1) is 19.2. The number of rotatable bonds is 6. The average molecular weight is 446 g/mol. The second-order valence-corrected chi connectivity index (χ2v) is 8.85.